The van der Waals surface area contributed by atoms with Gasteiger partial charge in [0, 0.05) is 18.8 Å². The SMILES string of the molecule is CC(C)COC(=O)N[C@H]1CCN(c2ccc(C#N)cc2)C1. The Morgan fingerprint density at radius 1 is 1.48 bits per heavy atom. The highest BCUT2D eigenvalue weighted by Gasteiger charge is 2.24. The number of nitriles is 1. The van der Waals surface area contributed by atoms with E-state index in [9.17, 15) is 4.79 Å². The van der Waals surface area contributed by atoms with Crippen LogP contribution in [-0.4, -0.2) is 31.8 Å². The summed E-state index contributed by atoms with van der Waals surface area (Å²) < 4.78 is 5.13. The molecule has 0 saturated carbocycles. The molecule has 1 aliphatic heterocycles. The lowest BCUT2D eigenvalue weighted by Crippen LogP contribution is -2.37. The van der Waals surface area contributed by atoms with Crippen LogP contribution in [0.15, 0.2) is 24.3 Å². The molecule has 1 aromatic rings. The number of carbonyl (C=O) groups excluding carboxylic acids is 1. The Bertz CT molecular complexity index is 519. The first kappa shape index (κ1) is 15.2. The molecule has 0 unspecified atom stereocenters. The number of alkyl carbamates (subject to hydrolysis) is 1. The summed E-state index contributed by atoms with van der Waals surface area (Å²) in [5.41, 5.74) is 1.73. The van der Waals surface area contributed by atoms with Gasteiger partial charge in [-0.05, 0) is 36.6 Å². The van der Waals surface area contributed by atoms with E-state index in [4.69, 9.17) is 10.00 Å². The van der Waals surface area contributed by atoms with Crippen molar-refractivity contribution in [2.24, 2.45) is 5.92 Å². The standard InChI is InChI=1S/C16H21N3O2/c1-12(2)11-21-16(20)18-14-7-8-19(10-14)15-5-3-13(9-17)4-6-15/h3-6,12,14H,7-8,10-11H2,1-2H3,(H,18,20)/t14-/m0/s1. The summed E-state index contributed by atoms with van der Waals surface area (Å²) in [6.07, 6.45) is 0.562. The fraction of sp³-hybridized carbons (Fsp3) is 0.500. The van der Waals surface area contributed by atoms with Crippen LogP contribution in [0.4, 0.5) is 10.5 Å². The van der Waals surface area contributed by atoms with Gasteiger partial charge in [0.1, 0.15) is 0 Å². The molecule has 2 rings (SSSR count). The molecule has 21 heavy (non-hydrogen) atoms. The minimum atomic E-state index is -0.338. The lowest BCUT2D eigenvalue weighted by molar-refractivity contribution is 0.130. The maximum atomic E-state index is 11.6. The number of rotatable bonds is 4. The van der Waals surface area contributed by atoms with Gasteiger partial charge in [0.15, 0.2) is 0 Å². The molecule has 0 aromatic heterocycles. The number of benzene rings is 1. The molecular weight excluding hydrogens is 266 g/mol. The number of hydrogen-bond donors (Lipinski definition) is 1. The fourth-order valence-electron chi connectivity index (χ4n) is 2.31. The van der Waals surface area contributed by atoms with Crippen molar-refractivity contribution in [1.82, 2.24) is 5.32 Å². The third kappa shape index (κ3) is 4.38. The molecule has 1 aliphatic rings. The zero-order valence-corrected chi connectivity index (χ0v) is 12.5. The van der Waals surface area contributed by atoms with E-state index >= 15 is 0 Å². The highest BCUT2D eigenvalue weighted by molar-refractivity contribution is 5.68. The molecule has 1 N–H and O–H groups in total. The van der Waals surface area contributed by atoms with Crippen LogP contribution in [0.25, 0.3) is 0 Å². The van der Waals surface area contributed by atoms with Gasteiger partial charge >= 0.3 is 6.09 Å². The zero-order valence-electron chi connectivity index (χ0n) is 12.5. The van der Waals surface area contributed by atoms with Crippen LogP contribution >= 0.6 is 0 Å². The maximum Gasteiger partial charge on any atom is 0.407 e. The summed E-state index contributed by atoms with van der Waals surface area (Å²) in [6.45, 7) is 6.12. The monoisotopic (exact) mass is 287 g/mol. The van der Waals surface area contributed by atoms with Crippen molar-refractivity contribution >= 4 is 11.8 Å². The fourth-order valence-corrected chi connectivity index (χ4v) is 2.31. The van der Waals surface area contributed by atoms with Crippen LogP contribution < -0.4 is 10.2 Å². The Balaban J connectivity index is 1.82. The van der Waals surface area contributed by atoms with Gasteiger partial charge in [0.05, 0.1) is 24.3 Å². The highest BCUT2D eigenvalue weighted by atomic mass is 16.5. The number of hydrogen-bond acceptors (Lipinski definition) is 4. The Morgan fingerprint density at radius 3 is 2.81 bits per heavy atom. The number of nitrogens with zero attached hydrogens (tertiary/aromatic N) is 2. The van der Waals surface area contributed by atoms with Gasteiger partial charge in [-0.3, -0.25) is 0 Å². The molecule has 0 spiro atoms. The largest absolute Gasteiger partial charge is 0.449 e. The second kappa shape index (κ2) is 6.98. The Hall–Kier alpha value is -2.22. The quantitative estimate of drug-likeness (QED) is 0.924. The third-order valence-corrected chi connectivity index (χ3v) is 3.42. The van der Waals surface area contributed by atoms with E-state index in [-0.39, 0.29) is 12.1 Å². The molecule has 0 aliphatic carbocycles. The van der Waals surface area contributed by atoms with E-state index in [2.05, 4.69) is 16.3 Å². The lowest BCUT2D eigenvalue weighted by Gasteiger charge is -2.19. The van der Waals surface area contributed by atoms with Crippen molar-refractivity contribution in [2.45, 2.75) is 26.3 Å². The summed E-state index contributed by atoms with van der Waals surface area (Å²) in [7, 11) is 0. The Morgan fingerprint density at radius 2 is 2.19 bits per heavy atom. The molecule has 0 radical (unpaired) electrons. The zero-order chi connectivity index (χ0) is 15.2. The average Bonchev–Trinajstić information content (AvgIpc) is 2.93. The minimum absolute atomic E-state index is 0.111. The summed E-state index contributed by atoms with van der Waals surface area (Å²) in [6, 6.07) is 9.73. The summed E-state index contributed by atoms with van der Waals surface area (Å²) in [5.74, 6) is 0.342. The van der Waals surface area contributed by atoms with E-state index in [1.807, 2.05) is 38.1 Å². The van der Waals surface area contributed by atoms with E-state index < -0.39 is 0 Å². The average molecular weight is 287 g/mol. The molecule has 5 nitrogen and oxygen atoms in total. The summed E-state index contributed by atoms with van der Waals surface area (Å²) in [5, 5.41) is 11.7. The van der Waals surface area contributed by atoms with Crippen LogP contribution in [0.2, 0.25) is 0 Å². The van der Waals surface area contributed by atoms with E-state index in [1.165, 1.54) is 0 Å². The maximum absolute atomic E-state index is 11.6. The number of nitrogens with one attached hydrogen (secondary N) is 1. The first-order chi connectivity index (χ1) is 10.1. The van der Waals surface area contributed by atoms with Crippen molar-refractivity contribution in [2.75, 3.05) is 24.6 Å². The Kier molecular flexibility index (Phi) is 5.04. The highest BCUT2D eigenvalue weighted by Crippen LogP contribution is 2.20. The van der Waals surface area contributed by atoms with Crippen molar-refractivity contribution in [1.29, 1.82) is 5.26 Å². The number of amides is 1. The second-order valence-electron chi connectivity index (χ2n) is 5.73. The normalized spacial score (nSPS) is 17.6. The topological polar surface area (TPSA) is 65.4 Å². The molecular formula is C16H21N3O2. The smallest absolute Gasteiger partial charge is 0.407 e. The second-order valence-corrected chi connectivity index (χ2v) is 5.73. The van der Waals surface area contributed by atoms with Crippen molar-refractivity contribution < 1.29 is 9.53 Å². The number of anilines is 1. The van der Waals surface area contributed by atoms with Crippen LogP contribution in [0.3, 0.4) is 0 Å². The van der Waals surface area contributed by atoms with Gasteiger partial charge < -0.3 is 15.0 Å². The van der Waals surface area contributed by atoms with Gasteiger partial charge in [-0.1, -0.05) is 13.8 Å². The molecule has 1 fully saturated rings. The predicted octanol–water partition coefficient (Wildman–Crippen LogP) is 2.52. The van der Waals surface area contributed by atoms with Gasteiger partial charge in [-0.2, -0.15) is 5.26 Å². The summed E-state index contributed by atoms with van der Waals surface area (Å²) in [4.78, 5) is 13.8. The van der Waals surface area contributed by atoms with Gasteiger partial charge in [-0.25, -0.2) is 4.79 Å². The molecule has 0 bridgehead atoms. The predicted molar refractivity (Wildman–Crippen MR) is 81.1 cm³/mol. The molecule has 1 amide bonds. The van der Waals surface area contributed by atoms with E-state index in [1.54, 1.807) is 0 Å². The van der Waals surface area contributed by atoms with Crippen LogP contribution in [0.1, 0.15) is 25.8 Å². The molecule has 1 aromatic carbocycles. The molecule has 1 saturated heterocycles. The van der Waals surface area contributed by atoms with Crippen molar-refractivity contribution in [3.05, 3.63) is 29.8 Å². The molecule has 5 heteroatoms. The van der Waals surface area contributed by atoms with Crippen molar-refractivity contribution in [3.63, 3.8) is 0 Å². The first-order valence-electron chi connectivity index (χ1n) is 7.27. The Labute approximate surface area is 125 Å². The van der Waals surface area contributed by atoms with Crippen molar-refractivity contribution in [3.8, 4) is 6.07 Å². The molecule has 1 atom stereocenters. The number of carbonyl (C=O) groups is 1. The van der Waals surface area contributed by atoms with E-state index in [0.717, 1.165) is 25.2 Å². The number of ether oxygens (including phenoxy) is 1. The lowest BCUT2D eigenvalue weighted by atomic mass is 10.2. The third-order valence-electron chi connectivity index (χ3n) is 3.42. The van der Waals surface area contributed by atoms with Gasteiger partial charge in [0.25, 0.3) is 0 Å². The van der Waals surface area contributed by atoms with Crippen LogP contribution in [0, 0.1) is 17.2 Å². The van der Waals surface area contributed by atoms with E-state index in [0.29, 0.717) is 18.1 Å². The minimum Gasteiger partial charge on any atom is -0.449 e. The summed E-state index contributed by atoms with van der Waals surface area (Å²) >= 11 is 0. The van der Waals surface area contributed by atoms with Crippen LogP contribution in [-0.2, 0) is 4.74 Å². The molecule has 1 heterocycles. The molecule has 112 valence electrons. The van der Waals surface area contributed by atoms with Crippen LogP contribution in [0.5, 0.6) is 0 Å². The van der Waals surface area contributed by atoms with Gasteiger partial charge in [0.2, 0.25) is 0 Å². The van der Waals surface area contributed by atoms with Gasteiger partial charge in [-0.15, -0.1) is 0 Å². The first-order valence-corrected chi connectivity index (χ1v) is 7.27.